The van der Waals surface area contributed by atoms with Crippen LogP contribution in [0.5, 0.6) is 0 Å². The van der Waals surface area contributed by atoms with Gasteiger partial charge in [0.2, 0.25) is 0 Å². The molecule has 0 heterocycles. The summed E-state index contributed by atoms with van der Waals surface area (Å²) in [7, 11) is 2.02. The molecule has 0 N–H and O–H groups in total. The normalized spacial score (nSPS) is 16.9. The molecule has 2 nitrogen and oxygen atoms in total. The molecule has 1 aliphatic rings. The van der Waals surface area contributed by atoms with Crippen molar-refractivity contribution in [3.05, 3.63) is 0 Å². The summed E-state index contributed by atoms with van der Waals surface area (Å²) in [6, 6.07) is 0. The quantitative estimate of drug-likeness (QED) is 0.512. The summed E-state index contributed by atoms with van der Waals surface area (Å²) in [5.41, 5.74) is 1.37. The molecule has 2 heteroatoms. The molecule has 1 rings (SSSR count). The highest BCUT2D eigenvalue weighted by Gasteiger charge is 2.09. The summed E-state index contributed by atoms with van der Waals surface area (Å²) in [4.78, 5) is 0. The molecule has 0 aromatic carbocycles. The molecule has 1 fully saturated rings. The largest absolute Gasteiger partial charge is 0.300 e. The van der Waals surface area contributed by atoms with E-state index in [-0.39, 0.29) is 0 Å². The lowest BCUT2D eigenvalue weighted by molar-refractivity contribution is 0.370. The second kappa shape index (κ2) is 2.85. The highest BCUT2D eigenvalue weighted by atomic mass is 15.4. The van der Waals surface area contributed by atoms with Gasteiger partial charge in [-0.25, -0.2) is 0 Å². The summed E-state index contributed by atoms with van der Waals surface area (Å²) in [5, 5.41) is 6.35. The predicted molar refractivity (Wildman–Crippen MR) is 39.6 cm³/mol. The van der Waals surface area contributed by atoms with Crippen LogP contribution in [0.25, 0.3) is 0 Å². The molecule has 1 aliphatic carbocycles. The third-order valence-electron chi connectivity index (χ3n) is 1.70. The second-order valence-electron chi connectivity index (χ2n) is 2.49. The summed E-state index contributed by atoms with van der Waals surface area (Å²) in [5.74, 6) is 0. The average Bonchev–Trinajstić information content (AvgIpc) is 1.78. The van der Waals surface area contributed by atoms with Crippen molar-refractivity contribution in [1.29, 1.82) is 0 Å². The van der Waals surface area contributed by atoms with Crippen LogP contribution in [0, 0.1) is 0 Å². The Kier molecular flexibility index (Phi) is 2.09. The van der Waals surface area contributed by atoms with Crippen LogP contribution in [0.2, 0.25) is 0 Å². The molecule has 0 spiro atoms. The first-order valence-corrected chi connectivity index (χ1v) is 3.60. The highest BCUT2D eigenvalue weighted by Crippen LogP contribution is 2.14. The van der Waals surface area contributed by atoms with Crippen LogP contribution in [-0.2, 0) is 0 Å². The molecule has 0 radical (unpaired) electrons. The Bertz CT molecular complexity index is 112. The summed E-state index contributed by atoms with van der Waals surface area (Å²) < 4.78 is 0. The Morgan fingerprint density at radius 3 is 2.56 bits per heavy atom. The molecule has 0 saturated heterocycles. The average molecular weight is 126 g/mol. The van der Waals surface area contributed by atoms with Crippen molar-refractivity contribution in [2.75, 3.05) is 13.6 Å². The second-order valence-corrected chi connectivity index (χ2v) is 2.49. The maximum absolute atomic E-state index is 4.35. The van der Waals surface area contributed by atoms with Gasteiger partial charge in [-0.1, -0.05) is 0 Å². The third-order valence-corrected chi connectivity index (χ3v) is 1.70. The van der Waals surface area contributed by atoms with Crippen molar-refractivity contribution in [2.24, 2.45) is 5.10 Å². The van der Waals surface area contributed by atoms with Crippen LogP contribution < -0.4 is 0 Å². The standard InChI is InChI=1S/C7H14N2/c1-3-9(2)8-7-5-4-6-7/h3-6H2,1-2H3. The third kappa shape index (κ3) is 1.70. The lowest BCUT2D eigenvalue weighted by Gasteiger charge is -2.18. The van der Waals surface area contributed by atoms with Gasteiger partial charge in [-0.2, -0.15) is 5.10 Å². The van der Waals surface area contributed by atoms with E-state index in [0.717, 1.165) is 6.54 Å². The smallest absolute Gasteiger partial charge is 0.0380 e. The molecular formula is C7H14N2. The van der Waals surface area contributed by atoms with E-state index >= 15 is 0 Å². The number of rotatable bonds is 2. The molecular weight excluding hydrogens is 112 g/mol. The van der Waals surface area contributed by atoms with Crippen molar-refractivity contribution >= 4 is 5.71 Å². The molecule has 52 valence electrons. The van der Waals surface area contributed by atoms with Gasteiger partial charge in [-0.05, 0) is 26.2 Å². The van der Waals surface area contributed by atoms with Gasteiger partial charge < -0.3 is 5.01 Å². The van der Waals surface area contributed by atoms with Crippen LogP contribution in [0.1, 0.15) is 26.2 Å². The lowest BCUT2D eigenvalue weighted by atomic mass is 9.98. The molecule has 1 saturated carbocycles. The topological polar surface area (TPSA) is 15.6 Å². The van der Waals surface area contributed by atoms with Crippen molar-refractivity contribution in [3.8, 4) is 0 Å². The Labute approximate surface area is 56.5 Å². The van der Waals surface area contributed by atoms with E-state index in [0.29, 0.717) is 0 Å². The molecule has 0 atom stereocenters. The van der Waals surface area contributed by atoms with Gasteiger partial charge in [-0.15, -0.1) is 0 Å². The molecule has 9 heavy (non-hydrogen) atoms. The van der Waals surface area contributed by atoms with Crippen LogP contribution in [0.4, 0.5) is 0 Å². The van der Waals surface area contributed by atoms with Gasteiger partial charge in [-0.3, -0.25) is 0 Å². The van der Waals surface area contributed by atoms with Gasteiger partial charge in [0, 0.05) is 19.3 Å². The Morgan fingerprint density at radius 2 is 2.22 bits per heavy atom. The zero-order valence-corrected chi connectivity index (χ0v) is 6.22. The maximum Gasteiger partial charge on any atom is 0.0380 e. The van der Waals surface area contributed by atoms with Gasteiger partial charge in [0.15, 0.2) is 0 Å². The van der Waals surface area contributed by atoms with Crippen molar-refractivity contribution in [3.63, 3.8) is 0 Å². The Hall–Kier alpha value is -0.530. The maximum atomic E-state index is 4.35. The molecule has 0 aromatic rings. The van der Waals surface area contributed by atoms with Crippen LogP contribution in [-0.4, -0.2) is 24.3 Å². The minimum Gasteiger partial charge on any atom is -0.300 e. The summed E-state index contributed by atoms with van der Waals surface area (Å²) in [6.07, 6.45) is 3.80. The minimum absolute atomic E-state index is 1.02. The van der Waals surface area contributed by atoms with Crippen LogP contribution in [0.3, 0.4) is 0 Å². The zero-order chi connectivity index (χ0) is 6.69. The Morgan fingerprint density at radius 1 is 1.56 bits per heavy atom. The fraction of sp³-hybridized carbons (Fsp3) is 0.857. The predicted octanol–water partition coefficient (Wildman–Crippen LogP) is 1.48. The van der Waals surface area contributed by atoms with Crippen LogP contribution in [0.15, 0.2) is 5.10 Å². The van der Waals surface area contributed by atoms with E-state index in [9.17, 15) is 0 Å². The summed E-state index contributed by atoms with van der Waals surface area (Å²) in [6.45, 7) is 3.13. The number of hydrazone groups is 1. The minimum atomic E-state index is 1.02. The van der Waals surface area contributed by atoms with E-state index in [1.807, 2.05) is 12.1 Å². The molecule has 0 unspecified atom stereocenters. The molecule has 0 aliphatic heterocycles. The zero-order valence-electron chi connectivity index (χ0n) is 6.22. The van der Waals surface area contributed by atoms with Crippen molar-refractivity contribution in [2.45, 2.75) is 26.2 Å². The van der Waals surface area contributed by atoms with E-state index in [1.165, 1.54) is 25.0 Å². The highest BCUT2D eigenvalue weighted by molar-refractivity contribution is 5.88. The number of hydrogen-bond donors (Lipinski definition) is 0. The van der Waals surface area contributed by atoms with Gasteiger partial charge in [0.1, 0.15) is 0 Å². The summed E-state index contributed by atoms with van der Waals surface area (Å²) >= 11 is 0. The van der Waals surface area contributed by atoms with E-state index in [4.69, 9.17) is 0 Å². The van der Waals surface area contributed by atoms with Gasteiger partial charge >= 0.3 is 0 Å². The first kappa shape index (κ1) is 6.59. The lowest BCUT2D eigenvalue weighted by Crippen LogP contribution is -2.18. The fourth-order valence-electron chi connectivity index (χ4n) is 0.747. The first-order chi connectivity index (χ1) is 4.33. The van der Waals surface area contributed by atoms with E-state index < -0.39 is 0 Å². The fourth-order valence-corrected chi connectivity index (χ4v) is 0.747. The SMILES string of the molecule is CCN(C)N=C1CCC1. The van der Waals surface area contributed by atoms with Crippen molar-refractivity contribution in [1.82, 2.24) is 5.01 Å². The van der Waals surface area contributed by atoms with Gasteiger partial charge in [0.05, 0.1) is 0 Å². The monoisotopic (exact) mass is 126 g/mol. The van der Waals surface area contributed by atoms with Crippen LogP contribution >= 0.6 is 0 Å². The number of nitrogens with zero attached hydrogens (tertiary/aromatic N) is 2. The molecule has 0 aromatic heterocycles. The molecule has 0 bridgehead atoms. The van der Waals surface area contributed by atoms with Crippen molar-refractivity contribution < 1.29 is 0 Å². The van der Waals surface area contributed by atoms with Gasteiger partial charge in [0.25, 0.3) is 0 Å². The Balaban J connectivity index is 2.27. The number of hydrogen-bond acceptors (Lipinski definition) is 2. The van der Waals surface area contributed by atoms with E-state index in [1.54, 1.807) is 0 Å². The van der Waals surface area contributed by atoms with E-state index in [2.05, 4.69) is 12.0 Å². The molecule has 0 amide bonds. The first-order valence-electron chi connectivity index (χ1n) is 3.60.